The average Bonchev–Trinajstić information content (AvgIpc) is 2.65. The zero-order valence-corrected chi connectivity index (χ0v) is 7.30. The maximum atomic E-state index is 9.89. The lowest BCUT2D eigenvalue weighted by Crippen LogP contribution is -2.01. The van der Waals surface area contributed by atoms with E-state index < -0.39 is 0 Å². The number of rotatable bonds is 4. The third-order valence-electron chi connectivity index (χ3n) is 1.74. The van der Waals surface area contributed by atoms with Gasteiger partial charge >= 0.3 is 0 Å². The van der Waals surface area contributed by atoms with Gasteiger partial charge in [-0.2, -0.15) is 0 Å². The maximum Gasteiger partial charge on any atom is 0.293 e. The first-order chi connectivity index (χ1) is 6.90. The number of ether oxygens (including phenoxy) is 1. The fraction of sp³-hybridized carbons (Fsp3) is 0.250. The van der Waals surface area contributed by atoms with Gasteiger partial charge in [0.25, 0.3) is 6.47 Å². The fourth-order valence-corrected chi connectivity index (χ4v) is 1.09. The van der Waals surface area contributed by atoms with Crippen molar-refractivity contribution in [2.75, 3.05) is 6.61 Å². The van der Waals surface area contributed by atoms with Crippen LogP contribution in [0.25, 0.3) is 11.2 Å². The molecular formula is C8H8N4O2. The van der Waals surface area contributed by atoms with Crippen molar-refractivity contribution in [1.82, 2.24) is 19.9 Å². The van der Waals surface area contributed by atoms with Crippen LogP contribution >= 0.6 is 0 Å². The molecule has 0 aliphatic rings. The van der Waals surface area contributed by atoms with E-state index >= 15 is 0 Å². The summed E-state index contributed by atoms with van der Waals surface area (Å²) < 4.78 is 4.54. The lowest BCUT2D eigenvalue weighted by atomic mass is 10.4. The van der Waals surface area contributed by atoms with Gasteiger partial charge in [0.05, 0.1) is 19.1 Å². The predicted octanol–water partition coefficient (Wildman–Crippen LogP) is 0.0684. The Kier molecular flexibility index (Phi) is 2.35. The number of imidazole rings is 1. The molecule has 14 heavy (non-hydrogen) atoms. The van der Waals surface area contributed by atoms with Gasteiger partial charge in [-0.05, 0) is 0 Å². The third kappa shape index (κ3) is 1.68. The van der Waals surface area contributed by atoms with Crippen molar-refractivity contribution in [3.05, 3.63) is 18.3 Å². The summed E-state index contributed by atoms with van der Waals surface area (Å²) in [5.41, 5.74) is 1.42. The molecule has 2 aromatic rings. The van der Waals surface area contributed by atoms with Gasteiger partial charge < -0.3 is 9.72 Å². The molecule has 6 heteroatoms. The highest BCUT2D eigenvalue weighted by atomic mass is 16.5. The second kappa shape index (κ2) is 3.82. The van der Waals surface area contributed by atoms with Crippen LogP contribution in [0.15, 0.2) is 12.5 Å². The van der Waals surface area contributed by atoms with E-state index in [0.29, 0.717) is 31.0 Å². The summed E-state index contributed by atoms with van der Waals surface area (Å²) in [5, 5.41) is 0. The van der Waals surface area contributed by atoms with Crippen LogP contribution in [0.3, 0.4) is 0 Å². The highest BCUT2D eigenvalue weighted by molar-refractivity contribution is 5.68. The summed E-state index contributed by atoms with van der Waals surface area (Å²) in [6, 6.07) is 0. The monoisotopic (exact) mass is 192 g/mol. The molecule has 0 unspecified atom stereocenters. The molecule has 0 aromatic carbocycles. The number of nitrogens with one attached hydrogen (secondary N) is 1. The lowest BCUT2D eigenvalue weighted by Gasteiger charge is -1.97. The molecule has 0 aliphatic heterocycles. The molecule has 72 valence electrons. The van der Waals surface area contributed by atoms with Crippen molar-refractivity contribution < 1.29 is 9.53 Å². The zero-order chi connectivity index (χ0) is 9.80. The van der Waals surface area contributed by atoms with E-state index in [1.807, 2.05) is 0 Å². The Morgan fingerprint density at radius 3 is 3.29 bits per heavy atom. The Hall–Kier alpha value is -1.98. The highest BCUT2D eigenvalue weighted by Crippen LogP contribution is 2.04. The van der Waals surface area contributed by atoms with Crippen molar-refractivity contribution >= 4 is 17.6 Å². The summed E-state index contributed by atoms with van der Waals surface area (Å²) in [6.45, 7) is 0.706. The largest absolute Gasteiger partial charge is 0.467 e. The molecular weight excluding hydrogens is 184 g/mol. The summed E-state index contributed by atoms with van der Waals surface area (Å²) in [4.78, 5) is 25.0. The normalized spacial score (nSPS) is 10.3. The van der Waals surface area contributed by atoms with E-state index in [9.17, 15) is 4.79 Å². The highest BCUT2D eigenvalue weighted by Gasteiger charge is 2.01. The van der Waals surface area contributed by atoms with Crippen LogP contribution in [0, 0.1) is 0 Å². The van der Waals surface area contributed by atoms with E-state index in [1.54, 1.807) is 12.5 Å². The van der Waals surface area contributed by atoms with Gasteiger partial charge in [-0.25, -0.2) is 15.0 Å². The minimum Gasteiger partial charge on any atom is -0.467 e. The van der Waals surface area contributed by atoms with Crippen LogP contribution in [-0.4, -0.2) is 33.0 Å². The third-order valence-corrected chi connectivity index (χ3v) is 1.74. The smallest absolute Gasteiger partial charge is 0.293 e. The molecule has 0 aliphatic carbocycles. The first-order valence-electron chi connectivity index (χ1n) is 4.10. The number of aromatic amines is 1. The Labute approximate surface area is 79.4 Å². The summed E-state index contributed by atoms with van der Waals surface area (Å²) in [7, 11) is 0. The molecule has 2 aromatic heterocycles. The van der Waals surface area contributed by atoms with Crippen LogP contribution in [0.1, 0.15) is 5.82 Å². The minimum atomic E-state index is 0.295. The van der Waals surface area contributed by atoms with Gasteiger partial charge in [0, 0.05) is 6.42 Å². The van der Waals surface area contributed by atoms with Gasteiger partial charge in [0.15, 0.2) is 5.65 Å². The van der Waals surface area contributed by atoms with E-state index in [4.69, 9.17) is 0 Å². The number of nitrogens with zero attached hydrogens (tertiary/aromatic N) is 3. The summed E-state index contributed by atoms with van der Waals surface area (Å²) >= 11 is 0. The molecule has 0 spiro atoms. The van der Waals surface area contributed by atoms with Gasteiger partial charge in [0.1, 0.15) is 11.3 Å². The molecule has 0 radical (unpaired) electrons. The number of carbonyl (C=O) groups excluding carboxylic acids is 1. The molecule has 2 rings (SSSR count). The number of hydrogen-bond donors (Lipinski definition) is 1. The minimum absolute atomic E-state index is 0.295. The molecule has 0 atom stereocenters. The van der Waals surface area contributed by atoms with E-state index in [2.05, 4.69) is 24.7 Å². The first-order valence-corrected chi connectivity index (χ1v) is 4.10. The maximum absolute atomic E-state index is 9.89. The van der Waals surface area contributed by atoms with Crippen LogP contribution in [0.5, 0.6) is 0 Å². The number of H-pyrrole nitrogens is 1. The first kappa shape index (κ1) is 8.61. The molecule has 0 fully saturated rings. The van der Waals surface area contributed by atoms with Crippen LogP contribution in [0.2, 0.25) is 0 Å². The van der Waals surface area contributed by atoms with Gasteiger partial charge in [-0.1, -0.05) is 0 Å². The molecule has 0 amide bonds. The summed E-state index contributed by atoms with van der Waals surface area (Å²) in [6.07, 6.45) is 3.70. The SMILES string of the molecule is O=COCCc1ncc2nc[nH]c2n1. The van der Waals surface area contributed by atoms with Crippen LogP contribution in [-0.2, 0) is 16.0 Å². The van der Waals surface area contributed by atoms with E-state index in [1.165, 1.54) is 0 Å². The predicted molar refractivity (Wildman–Crippen MR) is 47.4 cm³/mol. The molecule has 0 bridgehead atoms. The Morgan fingerprint density at radius 2 is 2.43 bits per heavy atom. The summed E-state index contributed by atoms with van der Waals surface area (Å²) in [5.74, 6) is 0.628. The zero-order valence-electron chi connectivity index (χ0n) is 7.30. The van der Waals surface area contributed by atoms with Crippen molar-refractivity contribution in [2.45, 2.75) is 6.42 Å². The second-order valence-corrected chi connectivity index (χ2v) is 2.64. The molecule has 0 saturated heterocycles. The standard InChI is InChI=1S/C8H8N4O2/c13-5-14-2-1-7-9-3-6-8(12-7)11-4-10-6/h3-5H,1-2H2,(H,9,10,11,12). The Morgan fingerprint density at radius 1 is 1.50 bits per heavy atom. The average molecular weight is 192 g/mol. The van der Waals surface area contributed by atoms with Crippen molar-refractivity contribution in [2.24, 2.45) is 0 Å². The number of carbonyl (C=O) groups is 1. The quantitative estimate of drug-likeness (QED) is 0.547. The number of hydrogen-bond acceptors (Lipinski definition) is 5. The van der Waals surface area contributed by atoms with E-state index in [-0.39, 0.29) is 0 Å². The van der Waals surface area contributed by atoms with Crippen LogP contribution < -0.4 is 0 Å². The lowest BCUT2D eigenvalue weighted by molar-refractivity contribution is -0.128. The number of aromatic nitrogens is 4. The molecule has 1 N–H and O–H groups in total. The Balaban J connectivity index is 2.13. The van der Waals surface area contributed by atoms with Crippen molar-refractivity contribution in [3.63, 3.8) is 0 Å². The second-order valence-electron chi connectivity index (χ2n) is 2.64. The number of fused-ring (bicyclic) bond motifs is 1. The molecule has 6 nitrogen and oxygen atoms in total. The van der Waals surface area contributed by atoms with Gasteiger partial charge in [-0.3, -0.25) is 4.79 Å². The van der Waals surface area contributed by atoms with Crippen LogP contribution in [0.4, 0.5) is 0 Å². The van der Waals surface area contributed by atoms with Gasteiger partial charge in [0.2, 0.25) is 0 Å². The van der Waals surface area contributed by atoms with Crippen molar-refractivity contribution in [3.8, 4) is 0 Å². The Bertz CT molecular complexity index is 440. The fourth-order valence-electron chi connectivity index (χ4n) is 1.09. The van der Waals surface area contributed by atoms with Gasteiger partial charge in [-0.15, -0.1) is 0 Å². The molecule has 0 saturated carbocycles. The van der Waals surface area contributed by atoms with Crippen molar-refractivity contribution in [1.29, 1.82) is 0 Å². The molecule has 2 heterocycles. The van der Waals surface area contributed by atoms with E-state index in [0.717, 1.165) is 5.52 Å². The topological polar surface area (TPSA) is 80.8 Å².